The summed E-state index contributed by atoms with van der Waals surface area (Å²) in [6.45, 7) is 2.04. The minimum absolute atomic E-state index is 0.282. The van der Waals surface area contributed by atoms with E-state index in [1.54, 1.807) is 6.92 Å². The number of H-pyrrole nitrogens is 1. The van der Waals surface area contributed by atoms with Gasteiger partial charge in [-0.05, 0) is 19.1 Å². The predicted molar refractivity (Wildman–Crippen MR) is 85.9 cm³/mol. The smallest absolute Gasteiger partial charge is 0.355 e. The molecule has 2 heterocycles. The molecule has 5 heteroatoms. The lowest BCUT2D eigenvalue weighted by molar-refractivity contribution is -0.672. The topological polar surface area (TPSA) is 66.2 Å². The average molecular weight is 311 g/mol. The molecule has 0 aliphatic rings. The standard InChI is InChI=1S/C18H18N2O3/c1-3-23-18(22)16-15(13-8-4-5-9-14(13)19-16)17(21)12-7-6-10-20(2)11-12/h4-11,17,21H,3H2,1-2H3/p+1. The normalized spacial score (nSPS) is 12.3. The molecule has 0 saturated heterocycles. The van der Waals surface area contributed by atoms with Gasteiger partial charge in [0, 0.05) is 28.1 Å². The fourth-order valence-electron chi connectivity index (χ4n) is 2.75. The Morgan fingerprint density at radius 1 is 1.30 bits per heavy atom. The number of nitrogens with zero attached hydrogens (tertiary/aromatic N) is 1. The van der Waals surface area contributed by atoms with E-state index in [4.69, 9.17) is 4.74 Å². The molecule has 0 aliphatic carbocycles. The number of aromatic nitrogens is 2. The van der Waals surface area contributed by atoms with Crippen molar-refractivity contribution in [1.29, 1.82) is 0 Å². The lowest BCUT2D eigenvalue weighted by Gasteiger charge is -2.11. The van der Waals surface area contributed by atoms with Gasteiger partial charge >= 0.3 is 5.97 Å². The van der Waals surface area contributed by atoms with E-state index in [2.05, 4.69) is 4.98 Å². The third-order valence-electron chi connectivity index (χ3n) is 3.78. The van der Waals surface area contributed by atoms with E-state index in [1.807, 2.05) is 60.4 Å². The molecule has 0 radical (unpaired) electrons. The van der Waals surface area contributed by atoms with Crippen molar-refractivity contribution in [3.63, 3.8) is 0 Å². The Balaban J connectivity index is 2.17. The van der Waals surface area contributed by atoms with Crippen LogP contribution in [-0.4, -0.2) is 22.7 Å². The Bertz CT molecular complexity index is 854. The summed E-state index contributed by atoms with van der Waals surface area (Å²) in [5, 5.41) is 11.7. The van der Waals surface area contributed by atoms with Gasteiger partial charge < -0.3 is 14.8 Å². The maximum Gasteiger partial charge on any atom is 0.355 e. The van der Waals surface area contributed by atoms with Gasteiger partial charge in [0.15, 0.2) is 12.4 Å². The predicted octanol–water partition coefficient (Wildman–Crippen LogP) is 2.25. The van der Waals surface area contributed by atoms with Crippen molar-refractivity contribution in [2.45, 2.75) is 13.0 Å². The van der Waals surface area contributed by atoms with Crippen molar-refractivity contribution in [3.05, 3.63) is 65.6 Å². The zero-order chi connectivity index (χ0) is 16.4. The van der Waals surface area contributed by atoms with Crippen LogP contribution in [0.4, 0.5) is 0 Å². The zero-order valence-corrected chi connectivity index (χ0v) is 13.1. The second kappa shape index (κ2) is 6.22. The quantitative estimate of drug-likeness (QED) is 0.574. The molecule has 1 aromatic carbocycles. The number of hydrogen-bond donors (Lipinski definition) is 2. The van der Waals surface area contributed by atoms with Gasteiger partial charge in [0.2, 0.25) is 0 Å². The molecule has 0 saturated carbocycles. The van der Waals surface area contributed by atoms with Gasteiger partial charge in [-0.1, -0.05) is 18.2 Å². The molecule has 2 N–H and O–H groups in total. The van der Waals surface area contributed by atoms with Crippen molar-refractivity contribution in [2.24, 2.45) is 7.05 Å². The number of aliphatic hydroxyl groups is 1. The number of nitrogens with one attached hydrogen (secondary N) is 1. The molecule has 1 unspecified atom stereocenters. The number of rotatable bonds is 4. The van der Waals surface area contributed by atoms with Crippen LogP contribution in [0, 0.1) is 0 Å². The number of aryl methyl sites for hydroxylation is 1. The lowest BCUT2D eigenvalue weighted by Crippen LogP contribution is -2.27. The number of ether oxygens (including phenoxy) is 1. The molecule has 23 heavy (non-hydrogen) atoms. The molecule has 0 bridgehead atoms. The van der Waals surface area contributed by atoms with Gasteiger partial charge in [0.05, 0.1) is 6.61 Å². The highest BCUT2D eigenvalue weighted by Crippen LogP contribution is 2.32. The Labute approximate surface area is 134 Å². The highest BCUT2D eigenvalue weighted by molar-refractivity contribution is 5.98. The maximum absolute atomic E-state index is 12.3. The Kier molecular flexibility index (Phi) is 4.12. The molecule has 2 aromatic heterocycles. The number of benzene rings is 1. The van der Waals surface area contributed by atoms with Crippen LogP contribution in [0.2, 0.25) is 0 Å². The minimum Gasteiger partial charge on any atom is -0.461 e. The van der Waals surface area contributed by atoms with Crippen LogP contribution in [0.5, 0.6) is 0 Å². The Morgan fingerprint density at radius 2 is 2.09 bits per heavy atom. The largest absolute Gasteiger partial charge is 0.461 e. The Hall–Kier alpha value is -2.66. The van der Waals surface area contributed by atoms with Crippen molar-refractivity contribution in [2.75, 3.05) is 6.61 Å². The Morgan fingerprint density at radius 3 is 2.83 bits per heavy atom. The van der Waals surface area contributed by atoms with Crippen LogP contribution in [-0.2, 0) is 11.8 Å². The highest BCUT2D eigenvalue weighted by Gasteiger charge is 2.26. The molecule has 3 rings (SSSR count). The number of carbonyl (C=O) groups excluding carboxylic acids is 1. The second-order valence-electron chi connectivity index (χ2n) is 5.39. The fraction of sp³-hybridized carbons (Fsp3) is 0.222. The van der Waals surface area contributed by atoms with Crippen molar-refractivity contribution >= 4 is 16.9 Å². The number of fused-ring (bicyclic) bond motifs is 1. The van der Waals surface area contributed by atoms with Crippen LogP contribution >= 0.6 is 0 Å². The first-order chi connectivity index (χ1) is 11.1. The molecule has 0 spiro atoms. The molecule has 0 aliphatic heterocycles. The third-order valence-corrected chi connectivity index (χ3v) is 3.78. The number of carbonyl (C=O) groups is 1. The van der Waals surface area contributed by atoms with Gasteiger partial charge in [0.25, 0.3) is 0 Å². The average Bonchev–Trinajstić information content (AvgIpc) is 2.94. The molecule has 0 fully saturated rings. The number of pyridine rings is 1. The summed E-state index contributed by atoms with van der Waals surface area (Å²) in [7, 11) is 1.89. The van der Waals surface area contributed by atoms with E-state index in [0.29, 0.717) is 16.8 Å². The SMILES string of the molecule is CCOC(=O)c1[nH]c2ccccc2c1C(O)c1ccc[n+](C)c1. The van der Waals surface area contributed by atoms with E-state index < -0.39 is 12.1 Å². The zero-order valence-electron chi connectivity index (χ0n) is 13.1. The number of aromatic amines is 1. The van der Waals surface area contributed by atoms with E-state index in [1.165, 1.54) is 0 Å². The molecule has 3 aromatic rings. The summed E-state index contributed by atoms with van der Waals surface area (Å²) in [6.07, 6.45) is 2.80. The van der Waals surface area contributed by atoms with Crippen molar-refractivity contribution < 1.29 is 19.2 Å². The van der Waals surface area contributed by atoms with E-state index in [9.17, 15) is 9.90 Å². The summed E-state index contributed by atoms with van der Waals surface area (Å²) in [5.74, 6) is -0.460. The first-order valence-electron chi connectivity index (χ1n) is 7.52. The van der Waals surface area contributed by atoms with Crippen LogP contribution in [0.25, 0.3) is 10.9 Å². The summed E-state index contributed by atoms with van der Waals surface area (Å²) < 4.78 is 6.98. The van der Waals surface area contributed by atoms with Crippen molar-refractivity contribution in [3.8, 4) is 0 Å². The second-order valence-corrected chi connectivity index (χ2v) is 5.39. The van der Waals surface area contributed by atoms with Crippen LogP contribution in [0.1, 0.15) is 34.6 Å². The fourth-order valence-corrected chi connectivity index (χ4v) is 2.75. The van der Waals surface area contributed by atoms with E-state index in [-0.39, 0.29) is 6.61 Å². The number of aliphatic hydroxyl groups excluding tert-OH is 1. The first-order valence-corrected chi connectivity index (χ1v) is 7.52. The van der Waals surface area contributed by atoms with E-state index >= 15 is 0 Å². The first kappa shape index (κ1) is 15.2. The molecule has 0 amide bonds. The van der Waals surface area contributed by atoms with Crippen LogP contribution < -0.4 is 4.57 Å². The van der Waals surface area contributed by atoms with Gasteiger partial charge in [-0.25, -0.2) is 9.36 Å². The highest BCUT2D eigenvalue weighted by atomic mass is 16.5. The van der Waals surface area contributed by atoms with Gasteiger partial charge in [-0.3, -0.25) is 0 Å². The van der Waals surface area contributed by atoms with Gasteiger partial charge in [0.1, 0.15) is 18.8 Å². The molecular weight excluding hydrogens is 292 g/mol. The van der Waals surface area contributed by atoms with Crippen LogP contribution in [0.3, 0.4) is 0 Å². The molecule has 118 valence electrons. The summed E-state index contributed by atoms with van der Waals surface area (Å²) in [4.78, 5) is 15.3. The number of hydrogen-bond acceptors (Lipinski definition) is 3. The molecule has 5 nitrogen and oxygen atoms in total. The third kappa shape index (κ3) is 2.83. The molecular formula is C18H19N2O3+. The number of para-hydroxylation sites is 1. The van der Waals surface area contributed by atoms with Gasteiger partial charge in [-0.2, -0.15) is 0 Å². The van der Waals surface area contributed by atoms with Crippen molar-refractivity contribution in [1.82, 2.24) is 4.98 Å². The lowest BCUT2D eigenvalue weighted by atomic mass is 9.99. The monoisotopic (exact) mass is 311 g/mol. The summed E-state index contributed by atoms with van der Waals surface area (Å²) in [5.41, 5.74) is 2.35. The number of esters is 1. The van der Waals surface area contributed by atoms with E-state index in [0.717, 1.165) is 10.9 Å². The minimum atomic E-state index is -0.919. The van der Waals surface area contributed by atoms with Gasteiger partial charge in [-0.15, -0.1) is 0 Å². The summed E-state index contributed by atoms with van der Waals surface area (Å²) in [6, 6.07) is 11.2. The maximum atomic E-state index is 12.3. The van der Waals surface area contributed by atoms with Crippen LogP contribution in [0.15, 0.2) is 48.8 Å². The molecule has 1 atom stereocenters. The summed E-state index contributed by atoms with van der Waals surface area (Å²) >= 11 is 0.